The van der Waals surface area contributed by atoms with Gasteiger partial charge in [0.25, 0.3) is 12.0 Å². The standard InChI is InChI=1S/C7H4F2INO2/c8-6(9)4-5(10)3(2-12)1-11-7(4)13/h1-2,6H,(H,11,13). The highest BCUT2D eigenvalue weighted by atomic mass is 127. The Hall–Kier alpha value is -0.790. The van der Waals surface area contributed by atoms with Crippen molar-refractivity contribution in [2.75, 3.05) is 0 Å². The normalized spacial score (nSPS) is 10.5. The van der Waals surface area contributed by atoms with E-state index in [4.69, 9.17) is 0 Å². The number of H-pyrrole nitrogens is 1. The Morgan fingerprint density at radius 3 is 2.62 bits per heavy atom. The lowest BCUT2D eigenvalue weighted by molar-refractivity contribution is 0.112. The molecule has 1 N–H and O–H groups in total. The minimum absolute atomic E-state index is 0.00588. The fraction of sp³-hybridized carbons (Fsp3) is 0.143. The van der Waals surface area contributed by atoms with Crippen LogP contribution in [-0.4, -0.2) is 11.3 Å². The zero-order chi connectivity index (χ0) is 10.0. The number of alkyl halides is 2. The van der Waals surface area contributed by atoms with Crippen LogP contribution in [0.2, 0.25) is 0 Å². The van der Waals surface area contributed by atoms with Gasteiger partial charge in [-0.2, -0.15) is 0 Å². The number of aldehydes is 1. The molecule has 6 heteroatoms. The van der Waals surface area contributed by atoms with E-state index >= 15 is 0 Å². The van der Waals surface area contributed by atoms with Gasteiger partial charge < -0.3 is 4.98 Å². The van der Waals surface area contributed by atoms with Gasteiger partial charge in [-0.3, -0.25) is 9.59 Å². The number of nitrogens with one attached hydrogen (secondary N) is 1. The molecule has 3 nitrogen and oxygen atoms in total. The summed E-state index contributed by atoms with van der Waals surface area (Å²) in [6.07, 6.45) is -1.33. The van der Waals surface area contributed by atoms with Crippen LogP contribution in [0.3, 0.4) is 0 Å². The molecule has 0 aliphatic carbocycles. The van der Waals surface area contributed by atoms with Crippen LogP contribution in [0.15, 0.2) is 11.0 Å². The number of aromatic nitrogens is 1. The number of hydrogen-bond acceptors (Lipinski definition) is 2. The second-order valence-corrected chi connectivity index (χ2v) is 3.30. The summed E-state index contributed by atoms with van der Waals surface area (Å²) in [5.41, 5.74) is -1.44. The summed E-state index contributed by atoms with van der Waals surface area (Å²) in [6.45, 7) is 0. The molecule has 1 rings (SSSR count). The lowest BCUT2D eigenvalue weighted by Crippen LogP contribution is -2.16. The van der Waals surface area contributed by atoms with E-state index in [1.807, 2.05) is 0 Å². The average Bonchev–Trinajstić information content (AvgIpc) is 2.04. The molecule has 0 bridgehead atoms. The van der Waals surface area contributed by atoms with E-state index in [1.165, 1.54) is 0 Å². The third-order valence-corrected chi connectivity index (χ3v) is 2.64. The first-order valence-electron chi connectivity index (χ1n) is 3.22. The molecule has 0 spiro atoms. The van der Waals surface area contributed by atoms with Gasteiger partial charge in [0.2, 0.25) is 0 Å². The predicted octanol–water partition coefficient (Wildman–Crippen LogP) is 1.73. The van der Waals surface area contributed by atoms with Gasteiger partial charge in [0.05, 0.1) is 5.56 Å². The quantitative estimate of drug-likeness (QED) is 0.668. The first kappa shape index (κ1) is 10.3. The van der Waals surface area contributed by atoms with Crippen molar-refractivity contribution >= 4 is 28.9 Å². The van der Waals surface area contributed by atoms with Crippen molar-refractivity contribution in [1.82, 2.24) is 4.98 Å². The monoisotopic (exact) mass is 299 g/mol. The highest BCUT2D eigenvalue weighted by Gasteiger charge is 2.18. The zero-order valence-corrected chi connectivity index (χ0v) is 8.34. The number of carbonyl (C=O) groups excluding carboxylic acids is 1. The van der Waals surface area contributed by atoms with E-state index in [1.54, 1.807) is 22.6 Å². The number of hydrogen-bond donors (Lipinski definition) is 1. The van der Waals surface area contributed by atoms with Crippen LogP contribution in [0.5, 0.6) is 0 Å². The van der Waals surface area contributed by atoms with Crippen LogP contribution in [-0.2, 0) is 0 Å². The Kier molecular flexibility index (Phi) is 3.12. The largest absolute Gasteiger partial charge is 0.328 e. The van der Waals surface area contributed by atoms with Gasteiger partial charge in [-0.25, -0.2) is 8.78 Å². The molecule has 13 heavy (non-hydrogen) atoms. The summed E-state index contributed by atoms with van der Waals surface area (Å²) < 4.78 is 24.5. The maximum absolute atomic E-state index is 12.3. The number of rotatable bonds is 2. The first-order chi connectivity index (χ1) is 6.07. The maximum atomic E-state index is 12.3. The lowest BCUT2D eigenvalue weighted by atomic mass is 10.2. The fourth-order valence-corrected chi connectivity index (χ4v) is 1.58. The van der Waals surface area contributed by atoms with Crippen molar-refractivity contribution in [2.45, 2.75) is 6.43 Å². The molecule has 1 aromatic heterocycles. The highest BCUT2D eigenvalue weighted by molar-refractivity contribution is 14.1. The van der Waals surface area contributed by atoms with Crippen LogP contribution in [0.1, 0.15) is 22.3 Å². The molecule has 70 valence electrons. The summed E-state index contributed by atoms with van der Waals surface area (Å²) in [5, 5.41) is 0. The van der Waals surface area contributed by atoms with Gasteiger partial charge in [0, 0.05) is 15.3 Å². The van der Waals surface area contributed by atoms with Gasteiger partial charge in [-0.15, -0.1) is 0 Å². The third-order valence-electron chi connectivity index (χ3n) is 1.44. The van der Waals surface area contributed by atoms with Crippen LogP contribution in [0, 0.1) is 3.57 Å². The topological polar surface area (TPSA) is 49.9 Å². The van der Waals surface area contributed by atoms with Gasteiger partial charge in [-0.05, 0) is 22.6 Å². The summed E-state index contributed by atoms with van der Waals surface area (Å²) in [5.74, 6) is 0. The second-order valence-electron chi connectivity index (χ2n) is 2.22. The Labute approximate surface area is 85.3 Å². The summed E-state index contributed by atoms with van der Waals surface area (Å²) in [6, 6.07) is 0. The minimum Gasteiger partial charge on any atom is -0.328 e. The Balaban J connectivity index is 3.47. The minimum atomic E-state index is -2.87. The van der Waals surface area contributed by atoms with E-state index in [0.29, 0.717) is 6.29 Å². The highest BCUT2D eigenvalue weighted by Crippen LogP contribution is 2.22. The third kappa shape index (κ3) is 1.93. The van der Waals surface area contributed by atoms with Gasteiger partial charge in [0.1, 0.15) is 0 Å². The van der Waals surface area contributed by atoms with E-state index in [0.717, 1.165) is 6.20 Å². The molecular formula is C7H4F2INO2. The van der Waals surface area contributed by atoms with Crippen molar-refractivity contribution < 1.29 is 13.6 Å². The van der Waals surface area contributed by atoms with Crippen molar-refractivity contribution in [3.05, 3.63) is 31.2 Å². The average molecular weight is 299 g/mol. The van der Waals surface area contributed by atoms with Crippen molar-refractivity contribution in [3.8, 4) is 0 Å². The molecule has 0 saturated carbocycles. The van der Waals surface area contributed by atoms with E-state index < -0.39 is 17.5 Å². The molecule has 0 aliphatic heterocycles. The van der Waals surface area contributed by atoms with E-state index in [9.17, 15) is 18.4 Å². The first-order valence-corrected chi connectivity index (χ1v) is 4.30. The second kappa shape index (κ2) is 3.95. The van der Waals surface area contributed by atoms with Gasteiger partial charge >= 0.3 is 0 Å². The van der Waals surface area contributed by atoms with Crippen LogP contribution < -0.4 is 5.56 Å². The number of aromatic amines is 1. The number of pyridine rings is 1. The van der Waals surface area contributed by atoms with Gasteiger partial charge in [0.15, 0.2) is 6.29 Å². The summed E-state index contributed by atoms with van der Waals surface area (Å²) >= 11 is 1.55. The van der Waals surface area contributed by atoms with E-state index in [2.05, 4.69) is 4.98 Å². The van der Waals surface area contributed by atoms with Crippen LogP contribution in [0.25, 0.3) is 0 Å². The summed E-state index contributed by atoms with van der Waals surface area (Å²) in [7, 11) is 0. The van der Waals surface area contributed by atoms with Crippen LogP contribution in [0.4, 0.5) is 8.78 Å². The number of carbonyl (C=O) groups is 1. The van der Waals surface area contributed by atoms with E-state index in [-0.39, 0.29) is 9.13 Å². The molecule has 0 aliphatic rings. The molecule has 0 atom stereocenters. The van der Waals surface area contributed by atoms with Crippen molar-refractivity contribution in [3.63, 3.8) is 0 Å². The van der Waals surface area contributed by atoms with Crippen molar-refractivity contribution in [2.24, 2.45) is 0 Å². The Bertz CT molecular complexity index is 389. The SMILES string of the molecule is O=Cc1c[nH]c(=O)c(C(F)F)c1I. The predicted molar refractivity (Wildman–Crippen MR) is 50.1 cm³/mol. The molecule has 1 heterocycles. The molecule has 0 aromatic carbocycles. The number of halogens is 3. The Morgan fingerprint density at radius 1 is 1.54 bits per heavy atom. The lowest BCUT2D eigenvalue weighted by Gasteiger charge is -2.02. The molecule has 0 unspecified atom stereocenters. The molecular weight excluding hydrogens is 295 g/mol. The fourth-order valence-electron chi connectivity index (χ4n) is 0.820. The molecule has 0 amide bonds. The maximum Gasteiger partial charge on any atom is 0.270 e. The van der Waals surface area contributed by atoms with Gasteiger partial charge in [-0.1, -0.05) is 0 Å². The Morgan fingerprint density at radius 2 is 2.15 bits per heavy atom. The molecule has 0 saturated heterocycles. The zero-order valence-electron chi connectivity index (χ0n) is 6.18. The molecule has 0 fully saturated rings. The molecule has 0 radical (unpaired) electrons. The van der Waals surface area contributed by atoms with Crippen molar-refractivity contribution in [1.29, 1.82) is 0 Å². The van der Waals surface area contributed by atoms with Crippen LogP contribution >= 0.6 is 22.6 Å². The smallest absolute Gasteiger partial charge is 0.270 e. The summed E-state index contributed by atoms with van der Waals surface area (Å²) in [4.78, 5) is 23.3. The molecule has 1 aromatic rings.